The zero-order valence-corrected chi connectivity index (χ0v) is 13.6. The lowest BCUT2D eigenvalue weighted by atomic mass is 10.2. The van der Waals surface area contributed by atoms with Gasteiger partial charge in [0.05, 0.1) is 19.8 Å². The lowest BCUT2D eigenvalue weighted by Crippen LogP contribution is -2.38. The van der Waals surface area contributed by atoms with E-state index in [4.69, 9.17) is 9.47 Å². The molecule has 0 radical (unpaired) electrons. The van der Waals surface area contributed by atoms with Gasteiger partial charge in [0.25, 0.3) is 0 Å². The molecule has 0 aliphatic carbocycles. The number of rotatable bonds is 7. The summed E-state index contributed by atoms with van der Waals surface area (Å²) in [7, 11) is 1.69. The molecule has 0 saturated carbocycles. The number of methoxy groups -OCH3 is 1. The maximum absolute atomic E-state index is 5.64. The van der Waals surface area contributed by atoms with E-state index in [0.29, 0.717) is 12.6 Å². The van der Waals surface area contributed by atoms with Crippen molar-refractivity contribution in [3.63, 3.8) is 0 Å². The third-order valence-corrected chi connectivity index (χ3v) is 3.73. The summed E-state index contributed by atoms with van der Waals surface area (Å²) < 4.78 is 11.0. The largest absolute Gasteiger partial charge is 0.496 e. The number of aliphatic imine (C=N–C) groups is 1. The molecule has 5 nitrogen and oxygen atoms in total. The third kappa shape index (κ3) is 5.22. The fraction of sp³-hybridized carbons (Fsp3) is 0.588. The Hall–Kier alpha value is -1.75. The SMILES string of the molecule is CCNC(=NCc1ccccc1OC)NCCC1CCCO1. The van der Waals surface area contributed by atoms with Crippen molar-refractivity contribution in [3.05, 3.63) is 29.8 Å². The number of ether oxygens (including phenoxy) is 2. The van der Waals surface area contributed by atoms with Crippen LogP contribution < -0.4 is 15.4 Å². The second kappa shape index (κ2) is 9.30. The maximum Gasteiger partial charge on any atom is 0.191 e. The molecule has 1 atom stereocenters. The molecule has 1 heterocycles. The molecular formula is C17H27N3O2. The van der Waals surface area contributed by atoms with Crippen molar-refractivity contribution in [1.29, 1.82) is 0 Å². The number of hydrogen-bond acceptors (Lipinski definition) is 3. The van der Waals surface area contributed by atoms with Gasteiger partial charge in [-0.25, -0.2) is 4.99 Å². The van der Waals surface area contributed by atoms with Gasteiger partial charge in [0.1, 0.15) is 5.75 Å². The second-order valence-electron chi connectivity index (χ2n) is 5.36. The van der Waals surface area contributed by atoms with Crippen molar-refractivity contribution < 1.29 is 9.47 Å². The highest BCUT2D eigenvalue weighted by atomic mass is 16.5. The van der Waals surface area contributed by atoms with Gasteiger partial charge >= 0.3 is 0 Å². The van der Waals surface area contributed by atoms with Crippen LogP contribution in [0.4, 0.5) is 0 Å². The molecule has 0 bridgehead atoms. The summed E-state index contributed by atoms with van der Waals surface area (Å²) in [6, 6.07) is 7.98. The molecular weight excluding hydrogens is 278 g/mol. The van der Waals surface area contributed by atoms with Gasteiger partial charge in [-0.2, -0.15) is 0 Å². The Labute approximate surface area is 133 Å². The zero-order valence-electron chi connectivity index (χ0n) is 13.6. The first kappa shape index (κ1) is 16.6. The summed E-state index contributed by atoms with van der Waals surface area (Å²) in [5.74, 6) is 1.72. The Morgan fingerprint density at radius 3 is 2.95 bits per heavy atom. The first-order chi connectivity index (χ1) is 10.8. The van der Waals surface area contributed by atoms with Gasteiger partial charge in [-0.15, -0.1) is 0 Å². The van der Waals surface area contributed by atoms with E-state index in [9.17, 15) is 0 Å². The minimum absolute atomic E-state index is 0.407. The van der Waals surface area contributed by atoms with E-state index in [2.05, 4.69) is 22.5 Å². The summed E-state index contributed by atoms with van der Waals surface area (Å²) in [6.07, 6.45) is 3.80. The van der Waals surface area contributed by atoms with Gasteiger partial charge in [0, 0.05) is 25.3 Å². The number of guanidine groups is 1. The molecule has 2 rings (SSSR count). The molecule has 0 aromatic heterocycles. The maximum atomic E-state index is 5.64. The van der Waals surface area contributed by atoms with Crippen molar-refractivity contribution >= 4 is 5.96 Å². The quantitative estimate of drug-likeness (QED) is 0.599. The predicted molar refractivity (Wildman–Crippen MR) is 89.4 cm³/mol. The monoisotopic (exact) mass is 305 g/mol. The van der Waals surface area contributed by atoms with Gasteiger partial charge in [0.15, 0.2) is 5.96 Å². The summed E-state index contributed by atoms with van der Waals surface area (Å²) in [5, 5.41) is 6.65. The Kier molecular flexibility index (Phi) is 7.03. The topological polar surface area (TPSA) is 54.9 Å². The smallest absolute Gasteiger partial charge is 0.191 e. The Morgan fingerprint density at radius 1 is 1.36 bits per heavy atom. The molecule has 2 N–H and O–H groups in total. The number of para-hydroxylation sites is 1. The highest BCUT2D eigenvalue weighted by Gasteiger charge is 2.14. The van der Waals surface area contributed by atoms with Gasteiger partial charge in [-0.3, -0.25) is 0 Å². The van der Waals surface area contributed by atoms with E-state index in [-0.39, 0.29) is 0 Å². The molecule has 22 heavy (non-hydrogen) atoms. The molecule has 1 aromatic rings. The van der Waals surface area contributed by atoms with Crippen LogP contribution in [0, 0.1) is 0 Å². The van der Waals surface area contributed by atoms with Crippen LogP contribution in [0.25, 0.3) is 0 Å². The lowest BCUT2D eigenvalue weighted by molar-refractivity contribution is 0.105. The Balaban J connectivity index is 1.85. The molecule has 1 saturated heterocycles. The van der Waals surface area contributed by atoms with E-state index in [1.807, 2.05) is 24.3 Å². The van der Waals surface area contributed by atoms with Crippen LogP contribution in [0.5, 0.6) is 5.75 Å². The standard InChI is InChI=1S/C17H27N3O2/c1-3-18-17(19-11-10-15-8-6-12-22-15)20-13-14-7-4-5-9-16(14)21-2/h4-5,7,9,15H,3,6,8,10-13H2,1-2H3,(H2,18,19,20). The molecule has 1 unspecified atom stereocenters. The van der Waals surface area contributed by atoms with Crippen LogP contribution >= 0.6 is 0 Å². The predicted octanol–water partition coefficient (Wildman–Crippen LogP) is 2.32. The first-order valence-corrected chi connectivity index (χ1v) is 8.09. The minimum atomic E-state index is 0.407. The van der Waals surface area contributed by atoms with Crippen molar-refractivity contribution in [2.24, 2.45) is 4.99 Å². The number of nitrogens with one attached hydrogen (secondary N) is 2. The molecule has 122 valence electrons. The summed E-state index contributed by atoms with van der Waals surface area (Å²) in [5.41, 5.74) is 1.08. The minimum Gasteiger partial charge on any atom is -0.496 e. The van der Waals surface area contributed by atoms with E-state index in [1.165, 1.54) is 12.8 Å². The number of hydrogen-bond donors (Lipinski definition) is 2. The fourth-order valence-electron chi connectivity index (χ4n) is 2.56. The fourth-order valence-corrected chi connectivity index (χ4v) is 2.56. The van der Waals surface area contributed by atoms with E-state index >= 15 is 0 Å². The molecule has 1 aromatic carbocycles. The van der Waals surface area contributed by atoms with Crippen LogP contribution in [0.1, 0.15) is 31.7 Å². The van der Waals surface area contributed by atoms with Crippen molar-refractivity contribution in [3.8, 4) is 5.75 Å². The molecule has 0 amide bonds. The second-order valence-corrected chi connectivity index (χ2v) is 5.36. The Bertz CT molecular complexity index is 471. The summed E-state index contributed by atoms with van der Waals surface area (Å²) >= 11 is 0. The van der Waals surface area contributed by atoms with Crippen LogP contribution in [-0.4, -0.2) is 38.9 Å². The van der Waals surface area contributed by atoms with Crippen LogP contribution in [0.15, 0.2) is 29.3 Å². The molecule has 1 aliphatic rings. The van der Waals surface area contributed by atoms with Gasteiger partial charge in [0.2, 0.25) is 0 Å². The average Bonchev–Trinajstić information content (AvgIpc) is 3.06. The number of nitrogens with zero attached hydrogens (tertiary/aromatic N) is 1. The molecule has 1 aliphatic heterocycles. The normalized spacial score (nSPS) is 18.3. The van der Waals surface area contributed by atoms with Gasteiger partial charge < -0.3 is 20.1 Å². The van der Waals surface area contributed by atoms with E-state index < -0.39 is 0 Å². The average molecular weight is 305 g/mol. The summed E-state index contributed by atoms with van der Waals surface area (Å²) in [6.45, 7) is 5.30. The van der Waals surface area contributed by atoms with E-state index in [0.717, 1.165) is 43.4 Å². The molecule has 0 spiro atoms. The van der Waals surface area contributed by atoms with Crippen molar-refractivity contribution in [2.75, 3.05) is 26.8 Å². The van der Waals surface area contributed by atoms with Gasteiger partial charge in [-0.1, -0.05) is 18.2 Å². The lowest BCUT2D eigenvalue weighted by Gasteiger charge is -2.14. The highest BCUT2D eigenvalue weighted by molar-refractivity contribution is 5.79. The molecule has 5 heteroatoms. The van der Waals surface area contributed by atoms with Crippen LogP contribution in [0.3, 0.4) is 0 Å². The van der Waals surface area contributed by atoms with Crippen molar-refractivity contribution in [1.82, 2.24) is 10.6 Å². The first-order valence-electron chi connectivity index (χ1n) is 8.09. The van der Waals surface area contributed by atoms with Crippen LogP contribution in [0.2, 0.25) is 0 Å². The third-order valence-electron chi connectivity index (χ3n) is 3.73. The van der Waals surface area contributed by atoms with E-state index in [1.54, 1.807) is 7.11 Å². The van der Waals surface area contributed by atoms with Gasteiger partial charge in [-0.05, 0) is 32.3 Å². The van der Waals surface area contributed by atoms with Crippen LogP contribution in [-0.2, 0) is 11.3 Å². The Morgan fingerprint density at radius 2 is 2.23 bits per heavy atom. The molecule has 1 fully saturated rings. The summed E-state index contributed by atoms with van der Waals surface area (Å²) in [4.78, 5) is 4.63. The highest BCUT2D eigenvalue weighted by Crippen LogP contribution is 2.18. The number of benzene rings is 1. The zero-order chi connectivity index (χ0) is 15.6. The van der Waals surface area contributed by atoms with Crippen molar-refractivity contribution in [2.45, 2.75) is 38.8 Å².